The highest BCUT2D eigenvalue weighted by molar-refractivity contribution is 5.76. The van der Waals surface area contributed by atoms with Crippen molar-refractivity contribution in [3.63, 3.8) is 0 Å². The smallest absolute Gasteiger partial charge is 0.364 e. The average molecular weight is 293 g/mol. The molecule has 5 atom stereocenters. The summed E-state index contributed by atoms with van der Waals surface area (Å²) >= 11 is 0. The topological polar surface area (TPSA) is 157 Å². The number of aliphatic hydroxyl groups is 4. The van der Waals surface area contributed by atoms with Crippen LogP contribution in [-0.4, -0.2) is 74.2 Å². The summed E-state index contributed by atoms with van der Waals surface area (Å²) in [5.74, 6) is -4.88. The number of amides is 1. The molecule has 0 spiro atoms. The SMILES string of the molecule is CC(=O)N[C@H]1[C@H]([C@H](O)CCO)OC(O)(C(=O)O)C[C@@H]1O. The van der Waals surface area contributed by atoms with Crippen molar-refractivity contribution in [2.24, 2.45) is 0 Å². The molecule has 6 N–H and O–H groups in total. The Kier molecular flexibility index (Phi) is 5.42. The van der Waals surface area contributed by atoms with Crippen LogP contribution in [0.5, 0.6) is 0 Å². The van der Waals surface area contributed by atoms with Crippen molar-refractivity contribution in [2.45, 2.75) is 49.9 Å². The van der Waals surface area contributed by atoms with Crippen LogP contribution in [0.1, 0.15) is 19.8 Å². The van der Waals surface area contributed by atoms with Crippen LogP contribution in [0.3, 0.4) is 0 Å². The van der Waals surface area contributed by atoms with Crippen LogP contribution < -0.4 is 5.32 Å². The van der Waals surface area contributed by atoms with Crippen molar-refractivity contribution in [3.8, 4) is 0 Å². The van der Waals surface area contributed by atoms with Crippen LogP contribution in [0, 0.1) is 0 Å². The standard InChI is InChI=1S/C11H19NO8/c1-5(14)12-8-7(16)4-11(19,10(17)18)20-9(8)6(15)2-3-13/h6-9,13,15-16,19H,2-4H2,1H3,(H,12,14)(H,17,18)/t6-,7+,8-,9+,11?/m1/s1. The molecule has 1 heterocycles. The van der Waals surface area contributed by atoms with Crippen molar-refractivity contribution >= 4 is 11.9 Å². The molecule has 0 aliphatic carbocycles. The largest absolute Gasteiger partial charge is 0.477 e. The molecule has 9 nitrogen and oxygen atoms in total. The van der Waals surface area contributed by atoms with Crippen molar-refractivity contribution in [1.82, 2.24) is 5.32 Å². The normalized spacial score (nSPS) is 35.4. The van der Waals surface area contributed by atoms with E-state index >= 15 is 0 Å². The lowest BCUT2D eigenvalue weighted by molar-refractivity contribution is -0.289. The van der Waals surface area contributed by atoms with Gasteiger partial charge < -0.3 is 35.6 Å². The van der Waals surface area contributed by atoms with E-state index in [2.05, 4.69) is 5.32 Å². The van der Waals surface area contributed by atoms with Crippen molar-refractivity contribution in [1.29, 1.82) is 0 Å². The first-order valence-corrected chi connectivity index (χ1v) is 6.09. The highest BCUT2D eigenvalue weighted by Crippen LogP contribution is 2.30. The second kappa shape index (κ2) is 6.46. The summed E-state index contributed by atoms with van der Waals surface area (Å²) in [5.41, 5.74) is 0. The van der Waals surface area contributed by atoms with Gasteiger partial charge in [-0.1, -0.05) is 0 Å². The van der Waals surface area contributed by atoms with Crippen molar-refractivity contribution in [2.75, 3.05) is 6.61 Å². The number of rotatable bonds is 5. The van der Waals surface area contributed by atoms with Gasteiger partial charge in [-0.05, 0) is 6.42 Å². The molecule has 1 fully saturated rings. The molecule has 116 valence electrons. The summed E-state index contributed by atoms with van der Waals surface area (Å²) in [5, 5.41) is 49.6. The zero-order valence-corrected chi connectivity index (χ0v) is 10.9. The first-order valence-electron chi connectivity index (χ1n) is 6.09. The Morgan fingerprint density at radius 1 is 1.50 bits per heavy atom. The Morgan fingerprint density at radius 3 is 2.55 bits per heavy atom. The highest BCUT2D eigenvalue weighted by atomic mass is 16.7. The molecule has 0 aromatic heterocycles. The number of ether oxygens (including phenoxy) is 1. The third-order valence-electron chi connectivity index (χ3n) is 3.09. The second-order valence-electron chi connectivity index (χ2n) is 4.75. The summed E-state index contributed by atoms with van der Waals surface area (Å²) in [7, 11) is 0. The highest BCUT2D eigenvalue weighted by Gasteiger charge is 2.52. The monoisotopic (exact) mass is 293 g/mol. The first kappa shape index (κ1) is 16.8. The van der Waals surface area contributed by atoms with E-state index in [9.17, 15) is 24.9 Å². The molecule has 1 unspecified atom stereocenters. The van der Waals surface area contributed by atoms with Crippen molar-refractivity contribution in [3.05, 3.63) is 0 Å². The quantitative estimate of drug-likeness (QED) is 0.316. The minimum absolute atomic E-state index is 0.164. The Morgan fingerprint density at radius 2 is 2.10 bits per heavy atom. The Bertz CT molecular complexity index is 375. The van der Waals surface area contributed by atoms with Crippen LogP contribution in [0.25, 0.3) is 0 Å². The molecule has 1 amide bonds. The molecule has 1 aliphatic heterocycles. The number of carboxylic acid groups (broad SMARTS) is 1. The lowest BCUT2D eigenvalue weighted by Crippen LogP contribution is -2.65. The molecule has 0 bridgehead atoms. The van der Waals surface area contributed by atoms with Gasteiger partial charge in [0.2, 0.25) is 5.91 Å². The van der Waals surface area contributed by atoms with Gasteiger partial charge in [-0.3, -0.25) is 4.79 Å². The number of nitrogens with one attached hydrogen (secondary N) is 1. The number of carboxylic acids is 1. The third kappa shape index (κ3) is 3.64. The minimum Gasteiger partial charge on any atom is -0.477 e. The van der Waals surface area contributed by atoms with Crippen LogP contribution >= 0.6 is 0 Å². The van der Waals surface area contributed by atoms with Gasteiger partial charge in [-0.15, -0.1) is 0 Å². The first-order chi connectivity index (χ1) is 9.21. The van der Waals surface area contributed by atoms with Crippen LogP contribution in [-0.2, 0) is 14.3 Å². The van der Waals surface area contributed by atoms with E-state index in [1.54, 1.807) is 0 Å². The van der Waals surface area contributed by atoms with Gasteiger partial charge in [0.25, 0.3) is 5.79 Å². The molecule has 0 aromatic carbocycles. The maximum absolute atomic E-state index is 11.1. The zero-order valence-electron chi connectivity index (χ0n) is 10.9. The van der Waals surface area contributed by atoms with Gasteiger partial charge >= 0.3 is 5.97 Å². The van der Waals surface area contributed by atoms with Gasteiger partial charge in [0.05, 0.1) is 18.2 Å². The number of carbonyl (C=O) groups excluding carboxylic acids is 1. The molecule has 1 rings (SSSR count). The predicted octanol–water partition coefficient (Wildman–Crippen LogP) is -2.84. The van der Waals surface area contributed by atoms with E-state index in [-0.39, 0.29) is 6.42 Å². The molecule has 1 aliphatic rings. The Balaban J connectivity index is 2.99. The molecule has 0 radical (unpaired) electrons. The van der Waals surface area contributed by atoms with Gasteiger partial charge in [0.1, 0.15) is 6.10 Å². The Labute approximate surface area is 114 Å². The maximum Gasteiger partial charge on any atom is 0.364 e. The number of aliphatic carboxylic acids is 1. The lowest BCUT2D eigenvalue weighted by atomic mass is 9.89. The summed E-state index contributed by atoms with van der Waals surface area (Å²) in [6.45, 7) is 0.773. The van der Waals surface area contributed by atoms with Crippen LogP contribution in [0.15, 0.2) is 0 Å². The van der Waals surface area contributed by atoms with Gasteiger partial charge in [0, 0.05) is 20.0 Å². The van der Waals surface area contributed by atoms with E-state index in [4.69, 9.17) is 14.9 Å². The second-order valence-corrected chi connectivity index (χ2v) is 4.75. The van der Waals surface area contributed by atoms with E-state index in [0.29, 0.717) is 0 Å². The average Bonchev–Trinajstić information content (AvgIpc) is 2.32. The summed E-state index contributed by atoms with van der Waals surface area (Å²) < 4.78 is 4.95. The molecular weight excluding hydrogens is 274 g/mol. The summed E-state index contributed by atoms with van der Waals surface area (Å²) in [6.07, 6.45) is -4.97. The summed E-state index contributed by atoms with van der Waals surface area (Å²) in [4.78, 5) is 22.1. The van der Waals surface area contributed by atoms with E-state index < -0.39 is 55.0 Å². The molecule has 9 heteroatoms. The van der Waals surface area contributed by atoms with E-state index in [1.165, 1.54) is 6.92 Å². The zero-order chi connectivity index (χ0) is 15.5. The maximum atomic E-state index is 11.1. The number of carbonyl (C=O) groups is 2. The Hall–Kier alpha value is -1.26. The number of hydrogen-bond donors (Lipinski definition) is 6. The molecular formula is C11H19NO8. The van der Waals surface area contributed by atoms with Gasteiger partial charge in [-0.25, -0.2) is 4.79 Å². The van der Waals surface area contributed by atoms with Gasteiger partial charge in [-0.2, -0.15) is 0 Å². The van der Waals surface area contributed by atoms with Crippen LogP contribution in [0.2, 0.25) is 0 Å². The minimum atomic E-state index is -2.66. The van der Waals surface area contributed by atoms with Crippen LogP contribution in [0.4, 0.5) is 0 Å². The third-order valence-corrected chi connectivity index (χ3v) is 3.09. The van der Waals surface area contributed by atoms with E-state index in [1.807, 2.05) is 0 Å². The fourth-order valence-corrected chi connectivity index (χ4v) is 2.14. The number of hydrogen-bond acceptors (Lipinski definition) is 7. The fraction of sp³-hybridized carbons (Fsp3) is 0.818. The fourth-order valence-electron chi connectivity index (χ4n) is 2.14. The molecule has 20 heavy (non-hydrogen) atoms. The lowest BCUT2D eigenvalue weighted by Gasteiger charge is -2.44. The molecule has 0 saturated carbocycles. The van der Waals surface area contributed by atoms with E-state index in [0.717, 1.165) is 0 Å². The van der Waals surface area contributed by atoms with Crippen molar-refractivity contribution < 1.29 is 39.9 Å². The number of aliphatic hydroxyl groups excluding tert-OH is 3. The van der Waals surface area contributed by atoms with Gasteiger partial charge in [0.15, 0.2) is 0 Å². The summed E-state index contributed by atoms with van der Waals surface area (Å²) in [6, 6.07) is -1.09. The molecule has 1 saturated heterocycles. The molecule has 0 aromatic rings. The predicted molar refractivity (Wildman–Crippen MR) is 63.4 cm³/mol.